The summed E-state index contributed by atoms with van der Waals surface area (Å²) in [5.41, 5.74) is 2.28. The fourth-order valence-electron chi connectivity index (χ4n) is 3.71. The molecule has 2 aliphatic rings. The van der Waals surface area contributed by atoms with E-state index in [0.717, 1.165) is 59.4 Å². The highest BCUT2D eigenvalue weighted by atomic mass is 32.1. The number of benzene rings is 1. The van der Waals surface area contributed by atoms with Crippen LogP contribution >= 0.6 is 34.0 Å². The first-order chi connectivity index (χ1) is 15.3. The topological polar surface area (TPSA) is 46.2 Å². The zero-order valence-corrected chi connectivity index (χ0v) is 19.1. The SMILES string of the molecule is COc1ccc(-c2cc(-c3scc4c3OCCO4)sc2-c2scc3c2OCCO3)cc1. The molecule has 0 saturated heterocycles. The molecule has 0 amide bonds. The first-order valence-electron chi connectivity index (χ1n) is 9.85. The smallest absolute Gasteiger partial charge is 0.180 e. The van der Waals surface area contributed by atoms with Crippen molar-refractivity contribution < 1.29 is 23.7 Å². The van der Waals surface area contributed by atoms with Crippen molar-refractivity contribution in [3.05, 3.63) is 41.1 Å². The summed E-state index contributed by atoms with van der Waals surface area (Å²) < 4.78 is 28.8. The van der Waals surface area contributed by atoms with Gasteiger partial charge in [-0.05, 0) is 23.8 Å². The minimum Gasteiger partial charge on any atom is -0.497 e. The van der Waals surface area contributed by atoms with Gasteiger partial charge in [-0.25, -0.2) is 0 Å². The van der Waals surface area contributed by atoms with Gasteiger partial charge < -0.3 is 23.7 Å². The van der Waals surface area contributed by atoms with Crippen LogP contribution in [0, 0.1) is 0 Å². The highest BCUT2D eigenvalue weighted by Gasteiger charge is 2.27. The van der Waals surface area contributed by atoms with Crippen molar-refractivity contribution in [2.45, 2.75) is 0 Å². The average molecular weight is 471 g/mol. The molecule has 0 N–H and O–H groups in total. The van der Waals surface area contributed by atoms with Gasteiger partial charge in [0.1, 0.15) is 32.2 Å². The van der Waals surface area contributed by atoms with Crippen LogP contribution in [0.15, 0.2) is 41.1 Å². The first kappa shape index (κ1) is 19.0. The lowest BCUT2D eigenvalue weighted by atomic mass is 10.0. The molecule has 6 rings (SSSR count). The van der Waals surface area contributed by atoms with Gasteiger partial charge in [-0.2, -0.15) is 0 Å². The summed E-state index contributed by atoms with van der Waals surface area (Å²) in [6, 6.07) is 10.4. The molecule has 0 unspecified atom stereocenters. The Balaban J connectivity index is 1.52. The van der Waals surface area contributed by atoms with E-state index in [4.69, 9.17) is 23.7 Å². The Morgan fingerprint density at radius 3 is 2.03 bits per heavy atom. The number of ether oxygens (including phenoxy) is 5. The number of thiophene rings is 3. The summed E-state index contributed by atoms with van der Waals surface area (Å²) >= 11 is 5.06. The summed E-state index contributed by atoms with van der Waals surface area (Å²) in [4.78, 5) is 4.51. The third kappa shape index (κ3) is 3.26. The normalized spacial score (nSPS) is 14.5. The summed E-state index contributed by atoms with van der Waals surface area (Å²) in [6.45, 7) is 2.32. The fourth-order valence-corrected chi connectivity index (χ4v) is 7.03. The number of fused-ring (bicyclic) bond motifs is 2. The number of rotatable bonds is 4. The molecule has 0 aliphatic carbocycles. The molecule has 5 heterocycles. The van der Waals surface area contributed by atoms with Gasteiger partial charge in [0.15, 0.2) is 23.0 Å². The molecule has 0 fully saturated rings. The molecule has 2 aliphatic heterocycles. The van der Waals surface area contributed by atoms with E-state index in [-0.39, 0.29) is 0 Å². The van der Waals surface area contributed by atoms with Gasteiger partial charge in [-0.3, -0.25) is 0 Å². The van der Waals surface area contributed by atoms with Crippen molar-refractivity contribution in [1.82, 2.24) is 0 Å². The molecule has 0 radical (unpaired) electrons. The van der Waals surface area contributed by atoms with Crippen LogP contribution in [0.4, 0.5) is 0 Å². The quantitative estimate of drug-likeness (QED) is 0.344. The van der Waals surface area contributed by atoms with Crippen LogP contribution in [0.1, 0.15) is 0 Å². The van der Waals surface area contributed by atoms with Crippen LogP contribution in [0.2, 0.25) is 0 Å². The van der Waals surface area contributed by atoms with E-state index in [1.807, 2.05) is 22.9 Å². The predicted molar refractivity (Wildman–Crippen MR) is 125 cm³/mol. The Kier molecular flexibility index (Phi) is 4.78. The van der Waals surface area contributed by atoms with Gasteiger partial charge in [0.05, 0.1) is 21.7 Å². The molecule has 4 aromatic rings. The zero-order chi connectivity index (χ0) is 20.8. The van der Waals surface area contributed by atoms with Crippen molar-refractivity contribution in [2.24, 2.45) is 0 Å². The maximum Gasteiger partial charge on any atom is 0.180 e. The summed E-state index contributed by atoms with van der Waals surface area (Å²) in [5, 5.41) is 4.06. The van der Waals surface area contributed by atoms with Crippen molar-refractivity contribution in [1.29, 1.82) is 0 Å². The highest BCUT2D eigenvalue weighted by molar-refractivity contribution is 7.26. The van der Waals surface area contributed by atoms with E-state index in [9.17, 15) is 0 Å². The van der Waals surface area contributed by atoms with Gasteiger partial charge in [0.25, 0.3) is 0 Å². The summed E-state index contributed by atoms with van der Waals surface area (Å²) in [6.07, 6.45) is 0. The molecule has 3 aromatic heterocycles. The second-order valence-electron chi connectivity index (χ2n) is 6.99. The fraction of sp³-hybridized carbons (Fsp3) is 0.217. The molecule has 0 saturated carbocycles. The van der Waals surface area contributed by atoms with E-state index in [1.54, 1.807) is 41.1 Å². The van der Waals surface area contributed by atoms with E-state index in [2.05, 4.69) is 18.2 Å². The van der Waals surface area contributed by atoms with E-state index in [1.165, 1.54) is 0 Å². The van der Waals surface area contributed by atoms with Crippen molar-refractivity contribution in [3.8, 4) is 59.4 Å². The molecule has 31 heavy (non-hydrogen) atoms. The monoisotopic (exact) mass is 470 g/mol. The van der Waals surface area contributed by atoms with Crippen molar-refractivity contribution in [3.63, 3.8) is 0 Å². The lowest BCUT2D eigenvalue weighted by Crippen LogP contribution is -2.14. The van der Waals surface area contributed by atoms with Crippen molar-refractivity contribution in [2.75, 3.05) is 33.5 Å². The number of methoxy groups -OCH3 is 1. The van der Waals surface area contributed by atoms with Gasteiger partial charge >= 0.3 is 0 Å². The molecular weight excluding hydrogens is 452 g/mol. The first-order valence-corrected chi connectivity index (χ1v) is 12.4. The van der Waals surface area contributed by atoms with Gasteiger partial charge in [0, 0.05) is 21.2 Å². The predicted octanol–water partition coefficient (Wildman–Crippen LogP) is 6.42. The van der Waals surface area contributed by atoms with E-state index in [0.29, 0.717) is 26.4 Å². The molecule has 0 bridgehead atoms. The van der Waals surface area contributed by atoms with Crippen LogP contribution in [-0.2, 0) is 0 Å². The third-order valence-corrected chi connectivity index (χ3v) is 8.52. The molecule has 158 valence electrons. The lowest BCUT2D eigenvalue weighted by Gasteiger charge is -2.16. The second-order valence-corrected chi connectivity index (χ2v) is 9.80. The van der Waals surface area contributed by atoms with Crippen LogP contribution in [0.3, 0.4) is 0 Å². The standard InChI is InChI=1S/C23H18O5S3/c1-24-14-4-2-13(3-5-14)15-10-18(22-19-16(11-29-22)25-6-8-27-19)31-21(15)23-20-17(12-30-23)26-7-9-28-20/h2-5,10-12H,6-9H2,1H3. The average Bonchev–Trinajstić information content (AvgIpc) is 3.55. The number of hydrogen-bond donors (Lipinski definition) is 0. The van der Waals surface area contributed by atoms with Crippen LogP contribution in [0.5, 0.6) is 28.7 Å². The zero-order valence-electron chi connectivity index (χ0n) is 16.6. The lowest BCUT2D eigenvalue weighted by molar-refractivity contribution is 0.174. The largest absolute Gasteiger partial charge is 0.497 e. The van der Waals surface area contributed by atoms with Crippen molar-refractivity contribution >= 4 is 34.0 Å². The molecule has 0 spiro atoms. The van der Waals surface area contributed by atoms with Gasteiger partial charge in [0.2, 0.25) is 0 Å². The maximum absolute atomic E-state index is 6.00. The third-order valence-electron chi connectivity index (χ3n) is 5.17. The summed E-state index contributed by atoms with van der Waals surface area (Å²) in [5.74, 6) is 4.18. The molecular formula is C23H18O5S3. The minimum absolute atomic E-state index is 0.566. The molecule has 0 atom stereocenters. The van der Waals surface area contributed by atoms with Crippen LogP contribution < -0.4 is 23.7 Å². The minimum atomic E-state index is 0.566. The number of hydrogen-bond acceptors (Lipinski definition) is 8. The van der Waals surface area contributed by atoms with Gasteiger partial charge in [-0.1, -0.05) is 12.1 Å². The molecule has 5 nitrogen and oxygen atoms in total. The van der Waals surface area contributed by atoms with Crippen LogP contribution in [0.25, 0.3) is 30.6 Å². The molecule has 8 heteroatoms. The maximum atomic E-state index is 6.00. The Hall–Kier alpha value is -2.68. The van der Waals surface area contributed by atoms with Gasteiger partial charge in [-0.15, -0.1) is 34.0 Å². The Morgan fingerprint density at radius 1 is 0.742 bits per heavy atom. The molecule has 1 aromatic carbocycles. The van der Waals surface area contributed by atoms with Crippen LogP contribution in [-0.4, -0.2) is 33.5 Å². The highest BCUT2D eigenvalue weighted by Crippen LogP contribution is 2.55. The Bertz CT molecular complexity index is 1230. The second kappa shape index (κ2) is 7.78. The van der Waals surface area contributed by atoms with E-state index >= 15 is 0 Å². The van der Waals surface area contributed by atoms with E-state index < -0.39 is 0 Å². The Morgan fingerprint density at radius 2 is 1.35 bits per heavy atom. The Labute approximate surface area is 191 Å². The summed E-state index contributed by atoms with van der Waals surface area (Å²) in [7, 11) is 1.68.